The van der Waals surface area contributed by atoms with Crippen molar-refractivity contribution < 1.29 is 13.2 Å². The minimum absolute atomic E-state index is 0. The summed E-state index contributed by atoms with van der Waals surface area (Å²) in [6, 6.07) is 7.19. The van der Waals surface area contributed by atoms with Gasteiger partial charge in [0.2, 0.25) is 15.9 Å². The maximum atomic E-state index is 13.1. The molecule has 2 aliphatic rings. The van der Waals surface area contributed by atoms with Crippen LogP contribution < -0.4 is 5.32 Å². The molecule has 2 saturated heterocycles. The number of hydrogen-bond donors (Lipinski definition) is 1. The molecule has 0 bridgehead atoms. The Morgan fingerprint density at radius 1 is 1.23 bits per heavy atom. The van der Waals surface area contributed by atoms with Gasteiger partial charge in [0.15, 0.2) is 0 Å². The smallest absolute Gasteiger partial charge is 0.243 e. The third kappa shape index (κ3) is 4.39. The quantitative estimate of drug-likeness (QED) is 0.835. The highest BCUT2D eigenvalue weighted by atomic mass is 35.5. The van der Waals surface area contributed by atoms with E-state index in [-0.39, 0.29) is 30.3 Å². The number of halogens is 1. The number of carbonyl (C=O) groups is 1. The highest BCUT2D eigenvalue weighted by molar-refractivity contribution is 7.89. The zero-order chi connectivity index (χ0) is 18.0. The van der Waals surface area contributed by atoms with Crippen LogP contribution in [0.4, 0.5) is 0 Å². The van der Waals surface area contributed by atoms with E-state index in [1.54, 1.807) is 16.4 Å². The fourth-order valence-electron chi connectivity index (χ4n) is 3.58. The van der Waals surface area contributed by atoms with Gasteiger partial charge in [0.1, 0.15) is 0 Å². The number of rotatable bonds is 4. The van der Waals surface area contributed by atoms with Crippen LogP contribution in [-0.4, -0.2) is 62.3 Å². The number of piperazine rings is 1. The predicted octanol–water partition coefficient (Wildman–Crippen LogP) is 1.82. The first-order valence-electron chi connectivity index (χ1n) is 9.00. The van der Waals surface area contributed by atoms with Crippen molar-refractivity contribution in [2.45, 2.75) is 43.5 Å². The second kappa shape index (κ2) is 8.69. The van der Waals surface area contributed by atoms with E-state index in [1.165, 1.54) is 0 Å². The lowest BCUT2D eigenvalue weighted by atomic mass is 10.0. The lowest BCUT2D eigenvalue weighted by Gasteiger charge is -2.40. The van der Waals surface area contributed by atoms with E-state index < -0.39 is 10.0 Å². The summed E-state index contributed by atoms with van der Waals surface area (Å²) >= 11 is 0. The second-order valence-electron chi connectivity index (χ2n) is 7.15. The van der Waals surface area contributed by atoms with Gasteiger partial charge >= 0.3 is 0 Å². The molecule has 6 nitrogen and oxygen atoms in total. The zero-order valence-electron chi connectivity index (χ0n) is 15.3. The van der Waals surface area contributed by atoms with Crippen molar-refractivity contribution in [3.05, 3.63) is 29.8 Å². The molecule has 8 heteroatoms. The summed E-state index contributed by atoms with van der Waals surface area (Å²) < 4.78 is 27.7. The summed E-state index contributed by atoms with van der Waals surface area (Å²) in [7, 11) is -3.53. The first-order chi connectivity index (χ1) is 11.9. The second-order valence-corrected chi connectivity index (χ2v) is 9.09. The molecule has 1 unspecified atom stereocenters. The Labute approximate surface area is 162 Å². The van der Waals surface area contributed by atoms with Crippen LogP contribution in [0.1, 0.15) is 38.2 Å². The van der Waals surface area contributed by atoms with E-state index in [0.29, 0.717) is 31.1 Å². The average Bonchev–Trinajstić information content (AvgIpc) is 2.62. The normalized spacial score (nSPS) is 22.3. The van der Waals surface area contributed by atoms with Gasteiger partial charge in [-0.2, -0.15) is 4.31 Å². The molecule has 3 rings (SSSR count). The van der Waals surface area contributed by atoms with Crippen LogP contribution in [0.5, 0.6) is 0 Å². The number of hydrogen-bond acceptors (Lipinski definition) is 4. The van der Waals surface area contributed by atoms with Gasteiger partial charge in [-0.25, -0.2) is 8.42 Å². The van der Waals surface area contributed by atoms with Gasteiger partial charge < -0.3 is 10.2 Å². The molecular formula is C18H28ClN3O3S. The Kier molecular flexibility index (Phi) is 7.07. The van der Waals surface area contributed by atoms with Gasteiger partial charge in [0, 0.05) is 32.2 Å². The van der Waals surface area contributed by atoms with Crippen LogP contribution in [0, 0.1) is 0 Å². The molecule has 0 aromatic heterocycles. The predicted molar refractivity (Wildman–Crippen MR) is 104 cm³/mol. The summed E-state index contributed by atoms with van der Waals surface area (Å²) in [6.45, 7) is 6.79. The Bertz CT molecular complexity index is 739. The molecule has 1 amide bonds. The molecular weight excluding hydrogens is 374 g/mol. The number of piperidine rings is 1. The average molecular weight is 402 g/mol. The first kappa shape index (κ1) is 21.2. The van der Waals surface area contributed by atoms with Crippen LogP contribution in [0.2, 0.25) is 0 Å². The van der Waals surface area contributed by atoms with Crippen LogP contribution >= 0.6 is 12.4 Å². The Hall–Kier alpha value is -1.15. The van der Waals surface area contributed by atoms with E-state index in [2.05, 4.69) is 19.2 Å². The van der Waals surface area contributed by atoms with E-state index in [1.807, 2.05) is 17.0 Å². The summed E-state index contributed by atoms with van der Waals surface area (Å²) in [5.74, 6) is 0.347. The van der Waals surface area contributed by atoms with Crippen molar-refractivity contribution in [3.8, 4) is 0 Å². The van der Waals surface area contributed by atoms with Crippen molar-refractivity contribution in [1.82, 2.24) is 14.5 Å². The molecule has 1 atom stereocenters. The van der Waals surface area contributed by atoms with E-state index in [0.717, 1.165) is 24.9 Å². The maximum Gasteiger partial charge on any atom is 0.243 e. The first-order valence-corrected chi connectivity index (χ1v) is 10.4. The number of benzene rings is 1. The Morgan fingerprint density at radius 3 is 2.69 bits per heavy atom. The van der Waals surface area contributed by atoms with Crippen molar-refractivity contribution >= 4 is 28.3 Å². The van der Waals surface area contributed by atoms with Crippen molar-refractivity contribution in [2.24, 2.45) is 0 Å². The van der Waals surface area contributed by atoms with E-state index >= 15 is 0 Å². The molecule has 1 aromatic carbocycles. The fraction of sp³-hybridized carbons (Fsp3) is 0.611. The van der Waals surface area contributed by atoms with Crippen LogP contribution in [-0.2, 0) is 14.8 Å². The molecule has 1 aromatic rings. The molecule has 0 radical (unpaired) electrons. The minimum Gasteiger partial charge on any atom is -0.336 e. The molecule has 2 heterocycles. The van der Waals surface area contributed by atoms with Crippen molar-refractivity contribution in [1.29, 1.82) is 0 Å². The lowest BCUT2D eigenvalue weighted by molar-refractivity contribution is -0.135. The molecule has 2 fully saturated rings. The number of nitrogens with one attached hydrogen (secondary N) is 1. The number of sulfonamides is 1. The zero-order valence-corrected chi connectivity index (χ0v) is 17.0. The monoisotopic (exact) mass is 401 g/mol. The van der Waals surface area contributed by atoms with Gasteiger partial charge in [-0.15, -0.1) is 12.4 Å². The SMILES string of the molecule is CC(C)c1cccc(S(=O)(=O)N2CCCC(N3CCNCC3=O)C2)c1.Cl. The standard InChI is InChI=1S/C18H27N3O3S.ClH/c1-14(2)15-5-3-7-17(11-15)25(23,24)20-9-4-6-16(13-20)21-10-8-19-12-18(21)22;/h3,5,7,11,14,16,19H,4,6,8-10,12-13H2,1-2H3;1H. The fourth-order valence-corrected chi connectivity index (χ4v) is 5.16. The maximum absolute atomic E-state index is 13.1. The van der Waals surface area contributed by atoms with Gasteiger partial charge in [-0.1, -0.05) is 26.0 Å². The summed E-state index contributed by atoms with van der Waals surface area (Å²) in [5.41, 5.74) is 1.02. The number of nitrogens with zero attached hydrogens (tertiary/aromatic N) is 2. The van der Waals surface area contributed by atoms with Crippen LogP contribution in [0.25, 0.3) is 0 Å². The summed E-state index contributed by atoms with van der Waals surface area (Å²) in [5, 5.41) is 3.06. The van der Waals surface area contributed by atoms with E-state index in [9.17, 15) is 13.2 Å². The van der Waals surface area contributed by atoms with Gasteiger partial charge in [0.05, 0.1) is 11.4 Å². The van der Waals surface area contributed by atoms with Crippen LogP contribution in [0.15, 0.2) is 29.2 Å². The topological polar surface area (TPSA) is 69.7 Å². The molecule has 2 aliphatic heterocycles. The van der Waals surface area contributed by atoms with Crippen molar-refractivity contribution in [3.63, 3.8) is 0 Å². The third-order valence-electron chi connectivity index (χ3n) is 5.09. The largest absolute Gasteiger partial charge is 0.336 e. The summed E-state index contributed by atoms with van der Waals surface area (Å²) in [6.07, 6.45) is 1.65. The molecule has 0 saturated carbocycles. The Morgan fingerprint density at radius 2 is 2.00 bits per heavy atom. The molecule has 146 valence electrons. The molecule has 1 N–H and O–H groups in total. The molecule has 26 heavy (non-hydrogen) atoms. The summed E-state index contributed by atoms with van der Waals surface area (Å²) in [4.78, 5) is 14.3. The van der Waals surface area contributed by atoms with Gasteiger partial charge in [-0.3, -0.25) is 4.79 Å². The lowest BCUT2D eigenvalue weighted by Crippen LogP contribution is -2.57. The van der Waals surface area contributed by atoms with Crippen LogP contribution in [0.3, 0.4) is 0 Å². The highest BCUT2D eigenvalue weighted by Crippen LogP contribution is 2.25. The Balaban J connectivity index is 0.00000243. The molecule has 0 spiro atoms. The number of carbonyl (C=O) groups excluding carboxylic acids is 1. The number of amides is 1. The van der Waals surface area contributed by atoms with Gasteiger partial charge in [0.25, 0.3) is 0 Å². The van der Waals surface area contributed by atoms with Gasteiger partial charge in [-0.05, 0) is 36.5 Å². The highest BCUT2D eigenvalue weighted by Gasteiger charge is 2.35. The minimum atomic E-state index is -3.53. The molecule has 0 aliphatic carbocycles. The third-order valence-corrected chi connectivity index (χ3v) is 6.95. The van der Waals surface area contributed by atoms with E-state index in [4.69, 9.17) is 0 Å². The van der Waals surface area contributed by atoms with Crippen molar-refractivity contribution in [2.75, 3.05) is 32.7 Å².